The second kappa shape index (κ2) is 2.13. The topological polar surface area (TPSA) is 17.1 Å². The maximum Gasteiger partial charge on any atom is 0.534 e. The van der Waals surface area contributed by atoms with Crippen molar-refractivity contribution in [3.63, 3.8) is 0 Å². The zero-order valence-corrected chi connectivity index (χ0v) is 4.85. The zero-order chi connectivity index (χ0) is 3.58. The van der Waals surface area contributed by atoms with Gasteiger partial charge in [0.2, 0.25) is 11.2 Å². The van der Waals surface area contributed by atoms with E-state index in [-0.39, 0.29) is 0 Å². The Labute approximate surface area is 37.7 Å². The van der Waals surface area contributed by atoms with E-state index in [1.165, 1.54) is 0 Å². The van der Waals surface area contributed by atoms with E-state index in [9.17, 15) is 4.57 Å². The van der Waals surface area contributed by atoms with Crippen molar-refractivity contribution in [2.24, 2.45) is 0 Å². The molecule has 0 aromatic carbocycles. The fourth-order valence-electron chi connectivity index (χ4n) is 0. The zero-order valence-electron chi connectivity index (χ0n) is 1.61. The van der Waals surface area contributed by atoms with Crippen LogP contribution in [0.4, 0.5) is 0 Å². The summed E-state index contributed by atoms with van der Waals surface area (Å²) in [4.78, 5) is 0. The van der Waals surface area contributed by atoms with Gasteiger partial charge in [-0.25, -0.2) is 0 Å². The van der Waals surface area contributed by atoms with Crippen molar-refractivity contribution in [3.8, 4) is 0 Å². The third-order valence-electron chi connectivity index (χ3n) is 0. The van der Waals surface area contributed by atoms with Gasteiger partial charge in [-0.15, -0.1) is 0 Å². The Morgan fingerprint density at radius 3 is 2.00 bits per heavy atom. The molecule has 0 saturated carbocycles. The molecule has 0 aromatic heterocycles. The standard InChI is InChI=1S/BrClOP/c1-4(2)3/q+1. The van der Waals surface area contributed by atoms with Gasteiger partial charge in [0.05, 0.1) is 0 Å². The summed E-state index contributed by atoms with van der Waals surface area (Å²) in [6.07, 6.45) is 0. The van der Waals surface area contributed by atoms with Gasteiger partial charge >= 0.3 is 5.86 Å². The van der Waals surface area contributed by atoms with E-state index in [0.717, 1.165) is 0 Å². The highest BCUT2D eigenvalue weighted by Gasteiger charge is 1.96. The molecule has 0 heterocycles. The molecule has 1 atom stereocenters. The average molecular weight is 162 g/mol. The molecule has 0 fully saturated rings. The van der Waals surface area contributed by atoms with Gasteiger partial charge in [0.25, 0.3) is 15.5 Å². The number of rotatable bonds is 0. The van der Waals surface area contributed by atoms with Crippen LogP contribution in [0, 0.1) is 0 Å². The van der Waals surface area contributed by atoms with Crippen molar-refractivity contribution in [2.75, 3.05) is 0 Å². The van der Waals surface area contributed by atoms with Gasteiger partial charge in [0, 0.05) is 0 Å². The third-order valence-corrected chi connectivity index (χ3v) is 0. The molecule has 0 radical (unpaired) electrons. The molecule has 0 N–H and O–H groups in total. The Morgan fingerprint density at radius 2 is 2.00 bits per heavy atom. The predicted octanol–water partition coefficient (Wildman–Crippen LogP) is 2.28. The Hall–Kier alpha value is 0.870. The van der Waals surface area contributed by atoms with Gasteiger partial charge in [0.15, 0.2) is 0 Å². The van der Waals surface area contributed by atoms with Gasteiger partial charge in [0.1, 0.15) is 0 Å². The summed E-state index contributed by atoms with van der Waals surface area (Å²) in [6, 6.07) is 0. The minimum absolute atomic E-state index is 1.59. The SMILES string of the molecule is O=[P+](Cl)Br. The Morgan fingerprint density at radius 1 is 2.00 bits per heavy atom. The van der Waals surface area contributed by atoms with Crippen molar-refractivity contribution in [1.82, 2.24) is 0 Å². The molecular formula is BrClOP+. The van der Waals surface area contributed by atoms with Gasteiger partial charge in [-0.1, -0.05) is 0 Å². The maximum atomic E-state index is 9.27. The fraction of sp³-hybridized carbons (Fsp3) is 0. The van der Waals surface area contributed by atoms with Crippen LogP contribution in [0.15, 0.2) is 0 Å². The van der Waals surface area contributed by atoms with Crippen LogP contribution in [0.3, 0.4) is 0 Å². The molecule has 0 aliphatic heterocycles. The first kappa shape index (κ1) is 4.87. The van der Waals surface area contributed by atoms with E-state index in [0.29, 0.717) is 0 Å². The summed E-state index contributed by atoms with van der Waals surface area (Å²) in [5.74, 6) is -1.59. The largest absolute Gasteiger partial charge is 0.534 e. The van der Waals surface area contributed by atoms with E-state index in [1.54, 1.807) is 0 Å². The third kappa shape index (κ3) is 13.3. The minimum Gasteiger partial charge on any atom is -0.0374 e. The number of hydrogen-bond donors (Lipinski definition) is 0. The van der Waals surface area contributed by atoms with Crippen LogP contribution in [0.1, 0.15) is 0 Å². The molecule has 0 aliphatic rings. The summed E-state index contributed by atoms with van der Waals surface area (Å²) in [5, 5.41) is 0. The van der Waals surface area contributed by atoms with E-state index in [2.05, 4.69) is 15.5 Å². The second-order valence-corrected chi connectivity index (χ2v) is 4.68. The number of halogens is 2. The summed E-state index contributed by atoms with van der Waals surface area (Å²) >= 11 is 7.25. The smallest absolute Gasteiger partial charge is 0.0374 e. The highest BCUT2D eigenvalue weighted by Crippen LogP contribution is 2.34. The molecule has 0 saturated heterocycles. The summed E-state index contributed by atoms with van der Waals surface area (Å²) in [5.41, 5.74) is 0. The Balaban J connectivity index is 2.80. The lowest BCUT2D eigenvalue weighted by Gasteiger charge is -1.23. The van der Waals surface area contributed by atoms with Crippen LogP contribution in [0.5, 0.6) is 0 Å². The molecule has 0 rings (SSSR count). The van der Waals surface area contributed by atoms with Crippen LogP contribution in [-0.4, -0.2) is 0 Å². The Bertz CT molecular complexity index is 31.0. The van der Waals surface area contributed by atoms with Crippen molar-refractivity contribution in [2.45, 2.75) is 0 Å². The monoisotopic (exact) mass is 161 g/mol. The molecule has 1 nitrogen and oxygen atoms in total. The molecule has 0 amide bonds. The van der Waals surface area contributed by atoms with Crippen LogP contribution in [0.25, 0.3) is 0 Å². The highest BCUT2D eigenvalue weighted by molar-refractivity contribution is 9.40. The first-order valence-electron chi connectivity index (χ1n) is 0.521. The maximum absolute atomic E-state index is 9.27. The van der Waals surface area contributed by atoms with Crippen LogP contribution < -0.4 is 0 Å². The molecular weight excluding hydrogens is 162 g/mol. The van der Waals surface area contributed by atoms with Crippen molar-refractivity contribution >= 4 is 32.6 Å². The van der Waals surface area contributed by atoms with E-state index < -0.39 is 5.86 Å². The highest BCUT2D eigenvalue weighted by atomic mass is 79.9. The fourth-order valence-corrected chi connectivity index (χ4v) is 0. The molecule has 1 unspecified atom stereocenters. The first-order valence-corrected chi connectivity index (χ1v) is 4.70. The van der Waals surface area contributed by atoms with Crippen molar-refractivity contribution in [1.29, 1.82) is 0 Å². The molecule has 0 aromatic rings. The van der Waals surface area contributed by atoms with Gasteiger partial charge in [-0.05, 0) is 4.57 Å². The quantitative estimate of drug-likeness (QED) is 0.499. The van der Waals surface area contributed by atoms with Crippen LogP contribution in [0.2, 0.25) is 0 Å². The van der Waals surface area contributed by atoms with Gasteiger partial charge in [-0.2, -0.15) is 0 Å². The predicted molar refractivity (Wildman–Crippen MR) is 22.4 cm³/mol. The van der Waals surface area contributed by atoms with Crippen molar-refractivity contribution < 1.29 is 4.57 Å². The summed E-state index contributed by atoms with van der Waals surface area (Å²) < 4.78 is 9.27. The average Bonchev–Trinajstić information content (AvgIpc) is 0.811. The minimum atomic E-state index is -1.59. The molecule has 0 bridgehead atoms. The van der Waals surface area contributed by atoms with Gasteiger partial charge < -0.3 is 0 Å². The summed E-state index contributed by atoms with van der Waals surface area (Å²) in [7, 11) is 0. The molecule has 24 valence electrons. The van der Waals surface area contributed by atoms with Crippen LogP contribution in [-0.2, 0) is 4.57 Å². The van der Waals surface area contributed by atoms with Crippen molar-refractivity contribution in [3.05, 3.63) is 0 Å². The lowest BCUT2D eigenvalue weighted by molar-refractivity contribution is 0.603. The van der Waals surface area contributed by atoms with E-state index in [4.69, 9.17) is 11.2 Å². The molecule has 0 aliphatic carbocycles. The number of hydrogen-bond acceptors (Lipinski definition) is 1. The van der Waals surface area contributed by atoms with Gasteiger partial charge in [-0.3, -0.25) is 0 Å². The molecule has 0 spiro atoms. The summed E-state index contributed by atoms with van der Waals surface area (Å²) in [6.45, 7) is 0. The normalized spacial score (nSPS) is 11.0. The molecule has 4 heavy (non-hydrogen) atoms. The van der Waals surface area contributed by atoms with E-state index >= 15 is 0 Å². The first-order chi connectivity index (χ1) is 1.73. The lowest BCUT2D eigenvalue weighted by Crippen LogP contribution is -0.931. The van der Waals surface area contributed by atoms with Crippen LogP contribution >= 0.6 is 32.6 Å². The van der Waals surface area contributed by atoms with E-state index in [1.807, 2.05) is 0 Å². The molecule has 4 heteroatoms. The second-order valence-electron chi connectivity index (χ2n) is 0.202. The lowest BCUT2D eigenvalue weighted by atomic mass is 16.0. The Kier molecular flexibility index (Phi) is 2.59.